The highest BCUT2D eigenvalue weighted by Crippen LogP contribution is 2.69. The number of carbonyl (C=O) groups excluding carboxylic acids is 1. The lowest BCUT2D eigenvalue weighted by Crippen LogP contribution is -2.31. The van der Waals surface area contributed by atoms with Gasteiger partial charge in [-0.15, -0.1) is 0 Å². The molecule has 3 fully saturated rings. The molecule has 3 saturated carbocycles. The van der Waals surface area contributed by atoms with Gasteiger partial charge in [-0.2, -0.15) is 0 Å². The minimum absolute atomic E-state index is 0.0200. The molecule has 3 aliphatic rings. The lowest BCUT2D eigenvalue weighted by Gasteiger charge is -2.36. The Morgan fingerprint density at radius 2 is 2.00 bits per heavy atom. The average Bonchev–Trinajstić information content (AvgIpc) is 2.78. The van der Waals surface area contributed by atoms with Gasteiger partial charge < -0.3 is 4.74 Å². The van der Waals surface area contributed by atoms with Gasteiger partial charge in [0.1, 0.15) is 6.10 Å². The monoisotopic (exact) mass is 262 g/mol. The molecule has 0 radical (unpaired) electrons. The molecule has 0 unspecified atom stereocenters. The van der Waals surface area contributed by atoms with Crippen molar-refractivity contribution in [3.63, 3.8) is 0 Å². The molecule has 0 aromatic rings. The van der Waals surface area contributed by atoms with Crippen molar-refractivity contribution in [1.29, 1.82) is 0 Å². The second-order valence-corrected chi connectivity index (χ2v) is 8.02. The lowest BCUT2D eigenvalue weighted by molar-refractivity contribution is -0.144. The summed E-state index contributed by atoms with van der Waals surface area (Å²) in [7, 11) is 0. The first kappa shape index (κ1) is 13.2. The molecule has 0 amide bonds. The molecule has 0 saturated heterocycles. The summed E-state index contributed by atoms with van der Waals surface area (Å²) in [6.45, 7) is 13.1. The van der Waals surface area contributed by atoms with Gasteiger partial charge in [-0.05, 0) is 59.8 Å². The first-order chi connectivity index (χ1) is 8.74. The van der Waals surface area contributed by atoms with Gasteiger partial charge in [0.2, 0.25) is 0 Å². The third-order valence-electron chi connectivity index (χ3n) is 6.20. The first-order valence-electron chi connectivity index (χ1n) is 7.60. The van der Waals surface area contributed by atoms with Crippen LogP contribution in [0, 0.1) is 28.6 Å². The maximum atomic E-state index is 11.2. The molecule has 0 spiro atoms. The summed E-state index contributed by atoms with van der Waals surface area (Å²) in [6, 6.07) is 0. The number of rotatable bonds is 1. The van der Waals surface area contributed by atoms with Crippen LogP contribution in [0.2, 0.25) is 0 Å². The zero-order valence-corrected chi connectivity index (χ0v) is 12.7. The minimum Gasteiger partial charge on any atom is -0.458 e. The number of fused-ring (bicyclic) bond motifs is 3. The van der Waals surface area contributed by atoms with E-state index in [2.05, 4.69) is 27.4 Å². The third-order valence-corrected chi connectivity index (χ3v) is 6.20. The molecule has 0 bridgehead atoms. The number of ether oxygens (including phenoxy) is 1. The van der Waals surface area contributed by atoms with E-state index in [1.54, 1.807) is 0 Å². The Hall–Kier alpha value is -0.790. The van der Waals surface area contributed by atoms with E-state index in [-0.39, 0.29) is 12.1 Å². The maximum Gasteiger partial charge on any atom is 0.303 e. The van der Waals surface area contributed by atoms with Crippen LogP contribution in [0.15, 0.2) is 12.2 Å². The molecule has 0 aliphatic heterocycles. The Morgan fingerprint density at radius 3 is 2.63 bits per heavy atom. The summed E-state index contributed by atoms with van der Waals surface area (Å²) >= 11 is 0. The molecule has 106 valence electrons. The maximum absolute atomic E-state index is 11.2. The van der Waals surface area contributed by atoms with Crippen molar-refractivity contribution >= 4 is 5.97 Å². The van der Waals surface area contributed by atoms with Crippen molar-refractivity contribution in [3.05, 3.63) is 12.2 Å². The summed E-state index contributed by atoms with van der Waals surface area (Å²) < 4.78 is 5.47. The van der Waals surface area contributed by atoms with Crippen LogP contribution in [0.1, 0.15) is 53.4 Å². The molecular weight excluding hydrogens is 236 g/mol. The minimum atomic E-state index is -0.167. The van der Waals surface area contributed by atoms with Gasteiger partial charge >= 0.3 is 5.97 Å². The van der Waals surface area contributed by atoms with Crippen LogP contribution in [0.25, 0.3) is 0 Å². The summed E-state index contributed by atoms with van der Waals surface area (Å²) in [5, 5.41) is 0. The number of esters is 1. The summed E-state index contributed by atoms with van der Waals surface area (Å²) in [5.74, 6) is 1.82. The van der Waals surface area contributed by atoms with E-state index in [9.17, 15) is 4.79 Å². The van der Waals surface area contributed by atoms with Gasteiger partial charge in [-0.3, -0.25) is 4.79 Å². The van der Waals surface area contributed by atoms with Crippen LogP contribution < -0.4 is 0 Å². The van der Waals surface area contributed by atoms with E-state index in [0.717, 1.165) is 12.3 Å². The molecule has 5 atom stereocenters. The highest BCUT2D eigenvalue weighted by atomic mass is 16.5. The van der Waals surface area contributed by atoms with E-state index in [4.69, 9.17) is 4.74 Å². The van der Waals surface area contributed by atoms with Crippen LogP contribution in [0.5, 0.6) is 0 Å². The van der Waals surface area contributed by atoms with Crippen LogP contribution in [-0.4, -0.2) is 12.1 Å². The Kier molecular flexibility index (Phi) is 2.69. The molecular formula is C17H26O2. The molecule has 0 heterocycles. The van der Waals surface area contributed by atoms with Crippen molar-refractivity contribution in [2.75, 3.05) is 0 Å². The zero-order chi connectivity index (χ0) is 14.0. The smallest absolute Gasteiger partial charge is 0.303 e. The van der Waals surface area contributed by atoms with E-state index in [1.165, 1.54) is 31.8 Å². The van der Waals surface area contributed by atoms with Gasteiger partial charge in [-0.1, -0.05) is 27.4 Å². The summed E-state index contributed by atoms with van der Waals surface area (Å²) in [4.78, 5) is 11.2. The Labute approximate surface area is 116 Å². The average molecular weight is 262 g/mol. The van der Waals surface area contributed by atoms with Crippen molar-refractivity contribution in [2.24, 2.45) is 28.6 Å². The molecule has 2 heteroatoms. The highest BCUT2D eigenvalue weighted by Gasteiger charge is 2.63. The van der Waals surface area contributed by atoms with Crippen molar-refractivity contribution < 1.29 is 9.53 Å². The quantitative estimate of drug-likeness (QED) is 0.528. The van der Waals surface area contributed by atoms with Gasteiger partial charge in [0.05, 0.1) is 0 Å². The molecule has 3 rings (SSSR count). The Bertz CT molecular complexity index is 437. The lowest BCUT2D eigenvalue weighted by atomic mass is 9.68. The summed E-state index contributed by atoms with van der Waals surface area (Å²) in [5.41, 5.74) is 2.09. The SMILES string of the molecule is C=C1[C@H]2[C@@H](C[C@@H]1OC(C)=O)C[C@]1(C)CCC(C)(C)[C@H]21. The molecule has 0 aromatic carbocycles. The van der Waals surface area contributed by atoms with Crippen molar-refractivity contribution in [1.82, 2.24) is 0 Å². The number of hydrogen-bond donors (Lipinski definition) is 0. The molecule has 19 heavy (non-hydrogen) atoms. The van der Waals surface area contributed by atoms with Gasteiger partial charge in [0.15, 0.2) is 0 Å². The molecule has 2 nitrogen and oxygen atoms in total. The second-order valence-electron chi connectivity index (χ2n) is 8.02. The first-order valence-corrected chi connectivity index (χ1v) is 7.60. The Morgan fingerprint density at radius 1 is 1.32 bits per heavy atom. The highest BCUT2D eigenvalue weighted by molar-refractivity contribution is 5.66. The molecule has 0 aromatic heterocycles. The van der Waals surface area contributed by atoms with Crippen LogP contribution in [0.3, 0.4) is 0 Å². The number of carbonyl (C=O) groups is 1. The van der Waals surface area contributed by atoms with Crippen LogP contribution in [-0.2, 0) is 9.53 Å². The largest absolute Gasteiger partial charge is 0.458 e. The van der Waals surface area contributed by atoms with E-state index in [1.807, 2.05) is 0 Å². The Balaban J connectivity index is 1.88. The zero-order valence-electron chi connectivity index (χ0n) is 12.7. The normalized spacial score (nSPS) is 47.1. The van der Waals surface area contributed by atoms with E-state index in [0.29, 0.717) is 22.7 Å². The second kappa shape index (κ2) is 3.86. The van der Waals surface area contributed by atoms with Crippen molar-refractivity contribution in [3.8, 4) is 0 Å². The fourth-order valence-corrected chi connectivity index (χ4v) is 5.72. The topological polar surface area (TPSA) is 26.3 Å². The fraction of sp³-hybridized carbons (Fsp3) is 0.824. The molecule has 0 N–H and O–H groups in total. The van der Waals surface area contributed by atoms with Crippen LogP contribution in [0.4, 0.5) is 0 Å². The fourth-order valence-electron chi connectivity index (χ4n) is 5.72. The predicted octanol–water partition coefficient (Wildman–Crippen LogP) is 3.96. The van der Waals surface area contributed by atoms with Gasteiger partial charge in [0.25, 0.3) is 0 Å². The van der Waals surface area contributed by atoms with Gasteiger partial charge in [-0.25, -0.2) is 0 Å². The van der Waals surface area contributed by atoms with E-state index >= 15 is 0 Å². The van der Waals surface area contributed by atoms with Crippen molar-refractivity contribution in [2.45, 2.75) is 59.5 Å². The standard InChI is InChI=1S/C17H26O2/c1-10-13(19-11(2)18)8-12-9-17(5)7-6-16(3,4)15(17)14(10)12/h12-15H,1,6-9H2,2-5H3/t12-,13-,14-,15-,17-/m0/s1. The van der Waals surface area contributed by atoms with Crippen LogP contribution >= 0.6 is 0 Å². The third kappa shape index (κ3) is 1.79. The number of hydrogen-bond acceptors (Lipinski definition) is 2. The van der Waals surface area contributed by atoms with Gasteiger partial charge in [0, 0.05) is 6.92 Å². The summed E-state index contributed by atoms with van der Waals surface area (Å²) in [6.07, 6.45) is 4.95. The predicted molar refractivity (Wildman–Crippen MR) is 75.5 cm³/mol. The molecule has 3 aliphatic carbocycles. The van der Waals surface area contributed by atoms with E-state index < -0.39 is 0 Å².